The summed E-state index contributed by atoms with van der Waals surface area (Å²) in [5.74, 6) is 1.16. The Morgan fingerprint density at radius 3 is 2.61 bits per heavy atom. The molecule has 0 aliphatic heterocycles. The zero-order chi connectivity index (χ0) is 20.1. The van der Waals surface area contributed by atoms with Crippen molar-refractivity contribution in [2.24, 2.45) is 0 Å². The number of anilines is 1. The lowest BCUT2D eigenvalue weighted by Gasteiger charge is -2.10. The molecule has 146 valence electrons. The van der Waals surface area contributed by atoms with Gasteiger partial charge in [-0.05, 0) is 79.1 Å². The topological polar surface area (TPSA) is 86.5 Å². The van der Waals surface area contributed by atoms with Gasteiger partial charge in [-0.2, -0.15) is 0 Å². The lowest BCUT2D eigenvalue weighted by molar-refractivity contribution is -0.118. The molecule has 1 aromatic heterocycles. The van der Waals surface area contributed by atoms with Crippen LogP contribution in [-0.4, -0.2) is 28.9 Å². The minimum absolute atomic E-state index is 0.0821. The summed E-state index contributed by atoms with van der Waals surface area (Å²) >= 11 is 5.92. The van der Waals surface area contributed by atoms with Gasteiger partial charge in [0.15, 0.2) is 12.3 Å². The Kier molecular flexibility index (Phi) is 6.16. The number of benzene rings is 2. The van der Waals surface area contributed by atoms with Crippen LogP contribution in [0.4, 0.5) is 5.82 Å². The van der Waals surface area contributed by atoms with Crippen molar-refractivity contribution >= 4 is 23.3 Å². The molecule has 0 saturated heterocycles. The molecule has 0 aliphatic carbocycles. The number of rotatable bonds is 7. The zero-order valence-corrected chi connectivity index (χ0v) is 16.5. The van der Waals surface area contributed by atoms with Gasteiger partial charge in [-0.15, -0.1) is 0 Å². The largest absolute Gasteiger partial charge is 0.491 e. The van der Waals surface area contributed by atoms with Crippen LogP contribution >= 0.6 is 11.6 Å². The van der Waals surface area contributed by atoms with Crippen LogP contribution in [0.25, 0.3) is 11.3 Å². The molecule has 0 saturated carbocycles. The predicted octanol–water partition coefficient (Wildman–Crippen LogP) is 4.50. The average Bonchev–Trinajstić information content (AvgIpc) is 3.09. The summed E-state index contributed by atoms with van der Waals surface area (Å²) < 4.78 is 15.9. The number of aryl methyl sites for hydroxylation is 1. The summed E-state index contributed by atoms with van der Waals surface area (Å²) in [7, 11) is 0. The highest BCUT2D eigenvalue weighted by Crippen LogP contribution is 2.27. The Hall–Kier alpha value is -3.06. The van der Waals surface area contributed by atoms with Crippen LogP contribution < -0.4 is 14.8 Å². The molecule has 28 heavy (non-hydrogen) atoms. The molecule has 2 aromatic carbocycles. The van der Waals surface area contributed by atoms with Crippen LogP contribution in [-0.2, 0) is 4.79 Å². The van der Waals surface area contributed by atoms with Crippen molar-refractivity contribution in [1.82, 2.24) is 10.3 Å². The molecule has 7 nitrogen and oxygen atoms in total. The highest BCUT2D eigenvalue weighted by molar-refractivity contribution is 6.30. The van der Waals surface area contributed by atoms with E-state index in [9.17, 15) is 4.79 Å². The molecule has 3 rings (SSSR count). The number of hydrogen-bond acceptors (Lipinski definition) is 6. The van der Waals surface area contributed by atoms with Crippen LogP contribution in [0.5, 0.6) is 11.5 Å². The molecular formula is C20H20ClN3O4. The van der Waals surface area contributed by atoms with Crippen LogP contribution in [0.2, 0.25) is 5.02 Å². The van der Waals surface area contributed by atoms with Crippen molar-refractivity contribution in [3.63, 3.8) is 0 Å². The van der Waals surface area contributed by atoms with Crippen molar-refractivity contribution in [3.05, 3.63) is 53.1 Å². The molecule has 0 aliphatic rings. The first-order valence-electron chi connectivity index (χ1n) is 8.71. The van der Waals surface area contributed by atoms with Gasteiger partial charge in [0, 0.05) is 10.6 Å². The molecule has 1 heterocycles. The van der Waals surface area contributed by atoms with Crippen LogP contribution in [0.15, 0.2) is 47.1 Å². The molecule has 3 aromatic rings. The van der Waals surface area contributed by atoms with E-state index in [0.29, 0.717) is 16.5 Å². The number of carbonyl (C=O) groups excluding carboxylic acids is 1. The van der Waals surface area contributed by atoms with Crippen molar-refractivity contribution < 1.29 is 18.9 Å². The minimum Gasteiger partial charge on any atom is -0.491 e. The summed E-state index contributed by atoms with van der Waals surface area (Å²) in [5.41, 5.74) is 2.00. The fourth-order valence-corrected chi connectivity index (χ4v) is 2.74. The lowest BCUT2D eigenvalue weighted by atomic mass is 10.1. The third-order valence-corrected chi connectivity index (χ3v) is 3.98. The molecule has 0 spiro atoms. The van der Waals surface area contributed by atoms with E-state index in [1.165, 1.54) is 0 Å². The second-order valence-corrected chi connectivity index (χ2v) is 6.84. The number of carbonyl (C=O) groups is 1. The smallest absolute Gasteiger partial charge is 0.263 e. The van der Waals surface area contributed by atoms with E-state index in [-0.39, 0.29) is 24.4 Å². The van der Waals surface area contributed by atoms with Crippen molar-refractivity contribution in [3.8, 4) is 22.8 Å². The number of aromatic nitrogens is 2. The van der Waals surface area contributed by atoms with Gasteiger partial charge in [0.2, 0.25) is 5.82 Å². The van der Waals surface area contributed by atoms with E-state index in [1.807, 2.05) is 45.0 Å². The highest BCUT2D eigenvalue weighted by atomic mass is 35.5. The van der Waals surface area contributed by atoms with Gasteiger partial charge in [-0.1, -0.05) is 11.6 Å². The number of hydrogen-bond donors (Lipinski definition) is 1. The summed E-state index contributed by atoms with van der Waals surface area (Å²) in [4.78, 5) is 12.2. The van der Waals surface area contributed by atoms with Gasteiger partial charge >= 0.3 is 0 Å². The van der Waals surface area contributed by atoms with E-state index in [0.717, 1.165) is 16.9 Å². The second-order valence-electron chi connectivity index (χ2n) is 6.40. The number of ether oxygens (including phenoxy) is 2. The number of nitrogens with one attached hydrogen (secondary N) is 1. The van der Waals surface area contributed by atoms with Gasteiger partial charge in [-0.25, -0.2) is 4.63 Å². The first kappa shape index (κ1) is 19.7. The van der Waals surface area contributed by atoms with E-state index in [1.54, 1.807) is 18.2 Å². The van der Waals surface area contributed by atoms with Gasteiger partial charge in [0.05, 0.1) is 6.10 Å². The van der Waals surface area contributed by atoms with Crippen molar-refractivity contribution in [2.45, 2.75) is 26.9 Å². The molecule has 0 radical (unpaired) electrons. The van der Waals surface area contributed by atoms with Gasteiger partial charge < -0.3 is 14.8 Å². The van der Waals surface area contributed by atoms with E-state index in [2.05, 4.69) is 15.6 Å². The third-order valence-electron chi connectivity index (χ3n) is 3.74. The van der Waals surface area contributed by atoms with E-state index >= 15 is 0 Å². The maximum atomic E-state index is 12.2. The monoisotopic (exact) mass is 401 g/mol. The SMILES string of the molecule is Cc1cc(Cl)ccc1OCC(=O)Nc1nonc1-c1ccc(OC(C)C)cc1. The standard InChI is InChI=1S/C20H20ClN3O4/c1-12(2)27-16-7-4-14(5-8-16)19-20(24-28-23-19)22-18(25)11-26-17-9-6-15(21)10-13(17)3/h4-10,12H,11H2,1-3H3,(H,22,24,25). The Morgan fingerprint density at radius 1 is 1.18 bits per heavy atom. The first-order chi connectivity index (χ1) is 13.4. The molecule has 0 fully saturated rings. The summed E-state index contributed by atoms with van der Waals surface area (Å²) in [6.07, 6.45) is 0.0821. The minimum atomic E-state index is -0.383. The highest BCUT2D eigenvalue weighted by Gasteiger charge is 2.16. The van der Waals surface area contributed by atoms with E-state index in [4.69, 9.17) is 25.7 Å². The Labute approximate surface area is 167 Å². The molecule has 1 N–H and O–H groups in total. The normalized spacial score (nSPS) is 10.8. The number of halogens is 1. The summed E-state index contributed by atoms with van der Waals surface area (Å²) in [5, 5.41) is 10.9. The quantitative estimate of drug-likeness (QED) is 0.627. The van der Waals surface area contributed by atoms with Gasteiger partial charge in [0.25, 0.3) is 5.91 Å². The summed E-state index contributed by atoms with van der Waals surface area (Å²) in [6, 6.07) is 12.5. The Bertz CT molecular complexity index is 954. The second kappa shape index (κ2) is 8.75. The summed E-state index contributed by atoms with van der Waals surface area (Å²) in [6.45, 7) is 5.58. The number of nitrogens with zero attached hydrogens (tertiary/aromatic N) is 2. The van der Waals surface area contributed by atoms with Crippen LogP contribution in [0, 0.1) is 6.92 Å². The van der Waals surface area contributed by atoms with Crippen molar-refractivity contribution in [2.75, 3.05) is 11.9 Å². The first-order valence-corrected chi connectivity index (χ1v) is 9.08. The number of amides is 1. The van der Waals surface area contributed by atoms with Crippen LogP contribution in [0.3, 0.4) is 0 Å². The predicted molar refractivity (Wildman–Crippen MR) is 106 cm³/mol. The third kappa shape index (κ3) is 5.01. The van der Waals surface area contributed by atoms with Gasteiger partial charge in [0.1, 0.15) is 11.5 Å². The van der Waals surface area contributed by atoms with Crippen molar-refractivity contribution in [1.29, 1.82) is 0 Å². The molecule has 0 atom stereocenters. The molecule has 1 amide bonds. The van der Waals surface area contributed by atoms with E-state index < -0.39 is 0 Å². The molecule has 0 unspecified atom stereocenters. The Balaban J connectivity index is 1.64. The average molecular weight is 402 g/mol. The zero-order valence-electron chi connectivity index (χ0n) is 15.7. The van der Waals surface area contributed by atoms with Gasteiger partial charge in [-0.3, -0.25) is 4.79 Å². The molecule has 0 bridgehead atoms. The molecule has 8 heteroatoms. The fraction of sp³-hybridized carbons (Fsp3) is 0.250. The molecular weight excluding hydrogens is 382 g/mol. The lowest BCUT2D eigenvalue weighted by Crippen LogP contribution is -2.21. The maximum absolute atomic E-state index is 12.2. The fourth-order valence-electron chi connectivity index (χ4n) is 2.51. The van der Waals surface area contributed by atoms with Crippen LogP contribution in [0.1, 0.15) is 19.4 Å². The Morgan fingerprint density at radius 2 is 1.93 bits per heavy atom. The maximum Gasteiger partial charge on any atom is 0.263 e.